The van der Waals surface area contributed by atoms with Gasteiger partial charge in [0.2, 0.25) is 5.91 Å². The Morgan fingerprint density at radius 2 is 2.00 bits per heavy atom. The topological polar surface area (TPSA) is 43.8 Å². The van der Waals surface area contributed by atoms with Gasteiger partial charge in [-0.15, -0.1) is 0 Å². The van der Waals surface area contributed by atoms with Crippen molar-refractivity contribution in [3.05, 3.63) is 29.8 Å². The Labute approximate surface area is 107 Å². The molecule has 2 atom stereocenters. The lowest BCUT2D eigenvalue weighted by Gasteiger charge is -2.33. The number of hydrogen-bond acceptors (Lipinski definition) is 3. The van der Waals surface area contributed by atoms with Crippen LogP contribution in [0.25, 0.3) is 0 Å². The molecule has 2 fully saturated rings. The number of rotatable bonds is 2. The van der Waals surface area contributed by atoms with Crippen LogP contribution in [0.3, 0.4) is 0 Å². The lowest BCUT2D eigenvalue weighted by Crippen LogP contribution is -2.47. The van der Waals surface area contributed by atoms with Gasteiger partial charge < -0.3 is 10.0 Å². The first-order valence-electron chi connectivity index (χ1n) is 6.42. The number of fused-ring (bicyclic) bond motifs is 2. The van der Waals surface area contributed by atoms with Crippen LogP contribution in [-0.2, 0) is 11.3 Å². The number of likely N-dealkylation sites (tertiary alicyclic amines) is 2. The van der Waals surface area contributed by atoms with Crippen LogP contribution in [0.2, 0.25) is 0 Å². The molecule has 18 heavy (non-hydrogen) atoms. The summed E-state index contributed by atoms with van der Waals surface area (Å²) in [5.74, 6) is 0.510. The Morgan fingerprint density at radius 3 is 2.56 bits per heavy atom. The lowest BCUT2D eigenvalue weighted by molar-refractivity contribution is -0.131. The van der Waals surface area contributed by atoms with E-state index in [9.17, 15) is 9.90 Å². The normalized spacial score (nSPS) is 26.8. The van der Waals surface area contributed by atoms with E-state index >= 15 is 0 Å². The van der Waals surface area contributed by atoms with Crippen LogP contribution in [-0.4, -0.2) is 46.0 Å². The van der Waals surface area contributed by atoms with E-state index in [2.05, 4.69) is 4.90 Å². The molecule has 2 saturated heterocycles. The summed E-state index contributed by atoms with van der Waals surface area (Å²) in [4.78, 5) is 15.9. The van der Waals surface area contributed by atoms with Crippen LogP contribution in [0.5, 0.6) is 5.75 Å². The summed E-state index contributed by atoms with van der Waals surface area (Å²) in [6.45, 7) is 4.42. The van der Waals surface area contributed by atoms with Gasteiger partial charge in [-0.2, -0.15) is 0 Å². The molecule has 3 rings (SSSR count). The van der Waals surface area contributed by atoms with Gasteiger partial charge in [0.1, 0.15) is 5.75 Å². The smallest absolute Gasteiger partial charge is 0.219 e. The number of aromatic hydroxyl groups is 1. The fraction of sp³-hybridized carbons (Fsp3) is 0.500. The zero-order chi connectivity index (χ0) is 12.7. The van der Waals surface area contributed by atoms with E-state index < -0.39 is 0 Å². The van der Waals surface area contributed by atoms with Gasteiger partial charge in [-0.25, -0.2) is 0 Å². The summed E-state index contributed by atoms with van der Waals surface area (Å²) in [5.41, 5.74) is 1.22. The number of hydrogen-bond donors (Lipinski definition) is 1. The Bertz CT molecular complexity index is 457. The van der Waals surface area contributed by atoms with E-state index in [4.69, 9.17) is 0 Å². The quantitative estimate of drug-likeness (QED) is 0.852. The first kappa shape index (κ1) is 11.5. The molecule has 1 aromatic carbocycles. The van der Waals surface area contributed by atoms with Gasteiger partial charge in [0.25, 0.3) is 0 Å². The van der Waals surface area contributed by atoms with Crippen molar-refractivity contribution >= 4 is 5.91 Å². The Balaban J connectivity index is 1.64. The van der Waals surface area contributed by atoms with Gasteiger partial charge in [0.05, 0.1) is 0 Å². The molecule has 1 amide bonds. The Hall–Kier alpha value is -1.55. The third-order valence-electron chi connectivity index (χ3n) is 4.08. The molecule has 4 heteroatoms. The number of phenolic OH excluding ortho intramolecular Hbond substituents is 1. The number of amides is 1. The molecule has 0 spiro atoms. The summed E-state index contributed by atoms with van der Waals surface area (Å²) < 4.78 is 0. The average Bonchev–Trinajstić information content (AvgIpc) is 2.91. The standard InChI is InChI=1S/C14H18N2O2/c1-10(17)16-9-12-6-13(16)8-15(12)7-11-2-4-14(18)5-3-11/h2-5,12-13,18H,6-9H2,1H3/t12-,13-/m0/s1. The van der Waals surface area contributed by atoms with Gasteiger partial charge in [-0.05, 0) is 24.1 Å². The van der Waals surface area contributed by atoms with Crippen LogP contribution in [0.4, 0.5) is 0 Å². The van der Waals surface area contributed by atoms with Crippen LogP contribution in [0, 0.1) is 0 Å². The minimum Gasteiger partial charge on any atom is -0.508 e. The van der Waals surface area contributed by atoms with Crippen LogP contribution in [0.15, 0.2) is 24.3 Å². The molecule has 0 saturated carbocycles. The predicted molar refractivity (Wildman–Crippen MR) is 68.1 cm³/mol. The SMILES string of the molecule is CC(=O)N1C[C@@H]2C[C@H]1CN2Cc1ccc(O)cc1. The number of carbonyl (C=O) groups excluding carboxylic acids is 1. The lowest BCUT2D eigenvalue weighted by atomic mass is 10.2. The van der Waals surface area contributed by atoms with Crippen LogP contribution >= 0.6 is 0 Å². The highest BCUT2D eigenvalue weighted by molar-refractivity contribution is 5.74. The fourth-order valence-electron chi connectivity index (χ4n) is 3.16. The number of piperazine rings is 1. The maximum atomic E-state index is 11.4. The molecule has 1 N–H and O–H groups in total. The third kappa shape index (κ3) is 1.97. The monoisotopic (exact) mass is 246 g/mol. The molecule has 2 aliphatic heterocycles. The van der Waals surface area contributed by atoms with Crippen LogP contribution < -0.4 is 0 Å². The number of phenols is 1. The maximum Gasteiger partial charge on any atom is 0.219 e. The summed E-state index contributed by atoms with van der Waals surface area (Å²) in [6, 6.07) is 8.29. The van der Waals surface area contributed by atoms with Gasteiger partial charge in [0.15, 0.2) is 0 Å². The second kappa shape index (κ2) is 4.28. The summed E-state index contributed by atoms with van der Waals surface area (Å²) >= 11 is 0. The van der Waals surface area contributed by atoms with Crippen molar-refractivity contribution < 1.29 is 9.90 Å². The molecular formula is C14H18N2O2. The van der Waals surface area contributed by atoms with Crippen molar-refractivity contribution in [2.24, 2.45) is 0 Å². The highest BCUT2D eigenvalue weighted by Crippen LogP contribution is 2.31. The van der Waals surface area contributed by atoms with E-state index in [-0.39, 0.29) is 5.91 Å². The largest absolute Gasteiger partial charge is 0.508 e. The van der Waals surface area contributed by atoms with Crippen molar-refractivity contribution in [1.29, 1.82) is 0 Å². The van der Waals surface area contributed by atoms with Gasteiger partial charge >= 0.3 is 0 Å². The van der Waals surface area contributed by atoms with Gasteiger partial charge in [-0.3, -0.25) is 9.69 Å². The minimum absolute atomic E-state index is 0.201. The highest BCUT2D eigenvalue weighted by atomic mass is 16.3. The van der Waals surface area contributed by atoms with E-state index in [1.54, 1.807) is 19.1 Å². The summed E-state index contributed by atoms with van der Waals surface area (Å²) in [5, 5.41) is 9.26. The van der Waals surface area contributed by atoms with Gasteiger partial charge in [0, 0.05) is 38.6 Å². The molecule has 96 valence electrons. The van der Waals surface area contributed by atoms with Crippen molar-refractivity contribution in [2.45, 2.75) is 32.0 Å². The predicted octanol–water partition coefficient (Wildman–Crippen LogP) is 1.20. The van der Waals surface area contributed by atoms with Crippen molar-refractivity contribution in [3.8, 4) is 5.75 Å². The molecule has 2 heterocycles. The molecule has 0 aliphatic carbocycles. The third-order valence-corrected chi connectivity index (χ3v) is 4.08. The number of carbonyl (C=O) groups is 1. The molecule has 2 aliphatic rings. The number of nitrogens with zero attached hydrogens (tertiary/aromatic N) is 2. The van der Waals surface area contributed by atoms with E-state index in [1.807, 2.05) is 17.0 Å². The summed E-state index contributed by atoms with van der Waals surface area (Å²) in [6.07, 6.45) is 1.11. The second-order valence-corrected chi connectivity index (χ2v) is 5.31. The molecule has 0 unspecified atom stereocenters. The highest BCUT2D eigenvalue weighted by Gasteiger charge is 2.43. The van der Waals surface area contributed by atoms with Crippen molar-refractivity contribution in [1.82, 2.24) is 9.80 Å². The Morgan fingerprint density at radius 1 is 1.28 bits per heavy atom. The maximum absolute atomic E-state index is 11.4. The zero-order valence-electron chi connectivity index (χ0n) is 10.5. The van der Waals surface area contributed by atoms with E-state index in [0.29, 0.717) is 17.8 Å². The minimum atomic E-state index is 0.201. The van der Waals surface area contributed by atoms with E-state index in [1.165, 1.54) is 5.56 Å². The second-order valence-electron chi connectivity index (χ2n) is 5.31. The molecule has 0 aromatic heterocycles. The molecule has 4 nitrogen and oxygen atoms in total. The Kier molecular flexibility index (Phi) is 2.74. The zero-order valence-corrected chi connectivity index (χ0v) is 10.5. The van der Waals surface area contributed by atoms with Crippen molar-refractivity contribution in [3.63, 3.8) is 0 Å². The molecule has 1 aromatic rings. The molecule has 2 bridgehead atoms. The molecule has 0 radical (unpaired) electrons. The molecular weight excluding hydrogens is 228 g/mol. The first-order chi connectivity index (χ1) is 8.63. The van der Waals surface area contributed by atoms with E-state index in [0.717, 1.165) is 26.1 Å². The van der Waals surface area contributed by atoms with Crippen molar-refractivity contribution in [2.75, 3.05) is 13.1 Å². The summed E-state index contributed by atoms with van der Waals surface area (Å²) in [7, 11) is 0. The average molecular weight is 246 g/mol. The number of benzene rings is 1. The van der Waals surface area contributed by atoms with Crippen LogP contribution in [0.1, 0.15) is 18.9 Å². The van der Waals surface area contributed by atoms with Gasteiger partial charge in [-0.1, -0.05) is 12.1 Å². The fourth-order valence-corrected chi connectivity index (χ4v) is 3.16. The first-order valence-corrected chi connectivity index (χ1v) is 6.42.